The Bertz CT molecular complexity index is 939. The van der Waals surface area contributed by atoms with Crippen LogP contribution in [0.25, 0.3) is 0 Å². The molecule has 2 rings (SSSR count). The fourth-order valence-corrected chi connectivity index (χ4v) is 2.55. The highest BCUT2D eigenvalue weighted by atomic mass is 35.5. The summed E-state index contributed by atoms with van der Waals surface area (Å²) in [6.07, 6.45) is 0. The van der Waals surface area contributed by atoms with E-state index in [-0.39, 0.29) is 40.6 Å². The third-order valence-electron chi connectivity index (χ3n) is 3.62. The van der Waals surface area contributed by atoms with Crippen molar-refractivity contribution in [3.63, 3.8) is 0 Å². The molecule has 1 N–H and O–H groups in total. The van der Waals surface area contributed by atoms with Crippen LogP contribution >= 0.6 is 11.6 Å². The third kappa shape index (κ3) is 5.52. The molecule has 0 radical (unpaired) electrons. The molecule has 9 nitrogen and oxygen atoms in total. The van der Waals surface area contributed by atoms with Crippen molar-refractivity contribution in [1.29, 1.82) is 0 Å². The molecule has 29 heavy (non-hydrogen) atoms. The number of esters is 2. The van der Waals surface area contributed by atoms with Crippen molar-refractivity contribution in [2.24, 2.45) is 0 Å². The Kier molecular flexibility index (Phi) is 7.27. The molecule has 0 unspecified atom stereocenters. The Morgan fingerprint density at radius 1 is 0.966 bits per heavy atom. The lowest BCUT2D eigenvalue weighted by atomic mass is 10.1. The molecule has 0 fully saturated rings. The largest absolute Gasteiger partial charge is 0.462 e. The van der Waals surface area contributed by atoms with E-state index in [1.807, 2.05) is 0 Å². The Morgan fingerprint density at radius 2 is 1.52 bits per heavy atom. The lowest BCUT2D eigenvalue weighted by Crippen LogP contribution is -2.15. The number of benzene rings is 2. The van der Waals surface area contributed by atoms with Crippen LogP contribution in [-0.4, -0.2) is 36.0 Å². The van der Waals surface area contributed by atoms with Crippen LogP contribution in [0.3, 0.4) is 0 Å². The zero-order valence-electron chi connectivity index (χ0n) is 15.6. The molecule has 1 amide bonds. The summed E-state index contributed by atoms with van der Waals surface area (Å²) in [7, 11) is 0. The number of ether oxygens (including phenoxy) is 2. The van der Waals surface area contributed by atoms with Crippen molar-refractivity contribution in [2.75, 3.05) is 18.5 Å². The van der Waals surface area contributed by atoms with E-state index in [1.165, 1.54) is 30.3 Å². The molecule has 0 bridgehead atoms. The number of amides is 1. The number of hydrogen-bond donors (Lipinski definition) is 1. The summed E-state index contributed by atoms with van der Waals surface area (Å²) in [5, 5.41) is 13.4. The number of nitro benzene ring substituents is 1. The highest BCUT2D eigenvalue weighted by molar-refractivity contribution is 6.32. The van der Waals surface area contributed by atoms with E-state index in [4.69, 9.17) is 21.1 Å². The van der Waals surface area contributed by atoms with Gasteiger partial charge in [-0.15, -0.1) is 0 Å². The van der Waals surface area contributed by atoms with Gasteiger partial charge in [0, 0.05) is 17.3 Å². The smallest absolute Gasteiger partial charge is 0.338 e. The predicted octanol–water partition coefficient (Wildman–Crippen LogP) is 3.85. The molecule has 0 aromatic heterocycles. The van der Waals surface area contributed by atoms with E-state index in [2.05, 4.69) is 5.32 Å². The number of nitro groups is 1. The van der Waals surface area contributed by atoms with Gasteiger partial charge in [0.2, 0.25) is 0 Å². The number of carbonyl (C=O) groups excluding carboxylic acids is 3. The van der Waals surface area contributed by atoms with Gasteiger partial charge in [0.25, 0.3) is 11.6 Å². The normalized spacial score (nSPS) is 10.2. The van der Waals surface area contributed by atoms with E-state index in [0.29, 0.717) is 0 Å². The minimum Gasteiger partial charge on any atom is -0.462 e. The molecule has 0 heterocycles. The van der Waals surface area contributed by atoms with Crippen LogP contribution in [0.15, 0.2) is 36.4 Å². The van der Waals surface area contributed by atoms with Crippen molar-refractivity contribution >= 4 is 40.8 Å². The first-order chi connectivity index (χ1) is 13.8. The topological polar surface area (TPSA) is 125 Å². The second-order valence-electron chi connectivity index (χ2n) is 5.62. The van der Waals surface area contributed by atoms with Gasteiger partial charge in [0.05, 0.1) is 29.3 Å². The number of anilines is 1. The van der Waals surface area contributed by atoms with Gasteiger partial charge >= 0.3 is 11.9 Å². The van der Waals surface area contributed by atoms with Crippen LogP contribution < -0.4 is 5.32 Å². The van der Waals surface area contributed by atoms with Crippen LogP contribution in [0.4, 0.5) is 11.4 Å². The van der Waals surface area contributed by atoms with E-state index < -0.39 is 28.5 Å². The number of carbonyl (C=O) groups is 3. The molecule has 0 aliphatic carbocycles. The summed E-state index contributed by atoms with van der Waals surface area (Å²) in [5.74, 6) is -2.06. The number of halogens is 1. The zero-order valence-corrected chi connectivity index (χ0v) is 16.3. The van der Waals surface area contributed by atoms with Crippen molar-refractivity contribution in [2.45, 2.75) is 13.8 Å². The third-order valence-corrected chi connectivity index (χ3v) is 3.94. The predicted molar refractivity (Wildman–Crippen MR) is 104 cm³/mol. The quantitative estimate of drug-likeness (QED) is 0.409. The Labute approximate surface area is 170 Å². The maximum atomic E-state index is 12.5. The van der Waals surface area contributed by atoms with E-state index in [0.717, 1.165) is 6.07 Å². The molecule has 0 spiro atoms. The van der Waals surface area contributed by atoms with Gasteiger partial charge in [-0.3, -0.25) is 14.9 Å². The monoisotopic (exact) mass is 420 g/mol. The SMILES string of the molecule is CCOC(=O)c1cc(NC(=O)c2ccc(Cl)c([N+](=O)[O-])c2)cc(C(=O)OCC)c1. The summed E-state index contributed by atoms with van der Waals surface area (Å²) in [4.78, 5) is 46.9. The minimum atomic E-state index is -0.709. The number of hydrogen-bond acceptors (Lipinski definition) is 7. The van der Waals surface area contributed by atoms with Gasteiger partial charge in [0.15, 0.2) is 0 Å². The molecule has 0 aliphatic heterocycles. The van der Waals surface area contributed by atoms with Gasteiger partial charge in [-0.2, -0.15) is 0 Å². The van der Waals surface area contributed by atoms with Gasteiger partial charge in [0.1, 0.15) is 5.02 Å². The first kappa shape index (κ1) is 21.8. The number of rotatable bonds is 7. The molecular weight excluding hydrogens is 404 g/mol. The summed E-state index contributed by atoms with van der Waals surface area (Å²) in [6, 6.07) is 7.50. The van der Waals surface area contributed by atoms with Gasteiger partial charge in [-0.05, 0) is 44.2 Å². The Morgan fingerprint density at radius 3 is 2.00 bits per heavy atom. The number of nitrogens with one attached hydrogen (secondary N) is 1. The first-order valence-corrected chi connectivity index (χ1v) is 8.89. The minimum absolute atomic E-state index is 0.0275. The Balaban J connectivity index is 2.38. The van der Waals surface area contributed by atoms with Crippen LogP contribution in [0.5, 0.6) is 0 Å². The fourth-order valence-electron chi connectivity index (χ4n) is 2.36. The second-order valence-corrected chi connectivity index (χ2v) is 6.02. The van der Waals surface area contributed by atoms with Gasteiger partial charge in [-0.1, -0.05) is 11.6 Å². The second kappa shape index (κ2) is 9.65. The standard InChI is InChI=1S/C19H17ClN2O7/c1-3-28-18(24)12-7-13(19(25)29-4-2)9-14(8-12)21-17(23)11-5-6-15(20)16(10-11)22(26)27/h5-10H,3-4H2,1-2H3,(H,21,23). The van der Waals surface area contributed by atoms with Gasteiger partial charge in [-0.25, -0.2) is 9.59 Å². The van der Waals surface area contributed by atoms with E-state index >= 15 is 0 Å². The lowest BCUT2D eigenvalue weighted by molar-refractivity contribution is -0.384. The van der Waals surface area contributed by atoms with Crippen molar-refractivity contribution in [1.82, 2.24) is 0 Å². The van der Waals surface area contributed by atoms with Crippen LogP contribution in [-0.2, 0) is 9.47 Å². The zero-order chi connectivity index (χ0) is 21.6. The summed E-state index contributed by atoms with van der Waals surface area (Å²) >= 11 is 5.75. The summed E-state index contributed by atoms with van der Waals surface area (Å²) in [6.45, 7) is 3.50. The molecule has 152 valence electrons. The summed E-state index contributed by atoms with van der Waals surface area (Å²) < 4.78 is 9.86. The first-order valence-electron chi connectivity index (χ1n) is 8.51. The van der Waals surface area contributed by atoms with E-state index in [1.54, 1.807) is 13.8 Å². The molecule has 0 saturated carbocycles. The van der Waals surface area contributed by atoms with Crippen LogP contribution in [0.2, 0.25) is 5.02 Å². The highest BCUT2D eigenvalue weighted by Crippen LogP contribution is 2.26. The molecule has 2 aromatic carbocycles. The average molecular weight is 421 g/mol. The number of nitrogens with zero attached hydrogens (tertiary/aromatic N) is 1. The molecule has 0 aliphatic rings. The Hall–Kier alpha value is -3.46. The van der Waals surface area contributed by atoms with E-state index in [9.17, 15) is 24.5 Å². The van der Waals surface area contributed by atoms with Crippen molar-refractivity contribution in [3.8, 4) is 0 Å². The molecule has 2 aromatic rings. The van der Waals surface area contributed by atoms with Crippen LogP contribution in [0.1, 0.15) is 44.9 Å². The molecule has 0 atom stereocenters. The maximum absolute atomic E-state index is 12.5. The molecular formula is C19H17ClN2O7. The summed E-state index contributed by atoms with van der Waals surface area (Å²) in [5.41, 5.74) is -0.266. The fraction of sp³-hybridized carbons (Fsp3) is 0.211. The van der Waals surface area contributed by atoms with Crippen molar-refractivity contribution in [3.05, 3.63) is 68.2 Å². The molecule has 10 heteroatoms. The highest BCUT2D eigenvalue weighted by Gasteiger charge is 2.19. The van der Waals surface area contributed by atoms with Crippen LogP contribution in [0, 0.1) is 10.1 Å². The van der Waals surface area contributed by atoms with Crippen molar-refractivity contribution < 1.29 is 28.8 Å². The maximum Gasteiger partial charge on any atom is 0.338 e. The molecule has 0 saturated heterocycles. The van der Waals surface area contributed by atoms with Gasteiger partial charge < -0.3 is 14.8 Å². The lowest BCUT2D eigenvalue weighted by Gasteiger charge is -2.11. The average Bonchev–Trinajstić information content (AvgIpc) is 2.68.